The summed E-state index contributed by atoms with van der Waals surface area (Å²) < 4.78 is 20.6. The maximum Gasteiger partial charge on any atom is 0.220 e. The SMILES string of the molecule is CC(C)(C)[Si](C)(C)ON1CCN(c2cc(F)cc(Br)c2)CC1. The van der Waals surface area contributed by atoms with E-state index in [1.54, 1.807) is 6.07 Å². The molecule has 6 heteroatoms. The van der Waals surface area contributed by atoms with Gasteiger partial charge in [-0.05, 0) is 36.3 Å². The van der Waals surface area contributed by atoms with E-state index < -0.39 is 8.32 Å². The van der Waals surface area contributed by atoms with E-state index in [-0.39, 0.29) is 10.9 Å². The Bertz CT molecular complexity index is 505. The Morgan fingerprint density at radius 3 is 2.18 bits per heavy atom. The molecule has 1 heterocycles. The first kappa shape index (κ1) is 17.9. The highest BCUT2D eigenvalue weighted by Gasteiger charge is 2.40. The monoisotopic (exact) mass is 388 g/mol. The fourth-order valence-electron chi connectivity index (χ4n) is 2.22. The van der Waals surface area contributed by atoms with Crippen molar-refractivity contribution >= 4 is 29.9 Å². The molecule has 0 aliphatic carbocycles. The lowest BCUT2D eigenvalue weighted by Crippen LogP contribution is -2.53. The Labute approximate surface area is 142 Å². The van der Waals surface area contributed by atoms with Crippen LogP contribution in [0.5, 0.6) is 0 Å². The Kier molecular flexibility index (Phi) is 5.37. The predicted molar refractivity (Wildman–Crippen MR) is 96.2 cm³/mol. The zero-order valence-electron chi connectivity index (χ0n) is 14.1. The van der Waals surface area contributed by atoms with Gasteiger partial charge < -0.3 is 9.43 Å². The molecule has 124 valence electrons. The zero-order chi connectivity index (χ0) is 16.5. The standard InChI is InChI=1S/C16H26BrFN2OSi/c1-16(2,3)22(4,5)21-20-8-6-19(7-9-20)15-11-13(17)10-14(18)12-15/h10-12H,6-9H2,1-5H3. The predicted octanol–water partition coefficient (Wildman–Crippen LogP) is 4.65. The number of hydrogen-bond acceptors (Lipinski definition) is 3. The average Bonchev–Trinajstić information content (AvgIpc) is 2.36. The summed E-state index contributed by atoms with van der Waals surface area (Å²) in [5.74, 6) is -0.204. The van der Waals surface area contributed by atoms with E-state index in [9.17, 15) is 4.39 Å². The summed E-state index contributed by atoms with van der Waals surface area (Å²) in [5, 5.41) is 2.31. The van der Waals surface area contributed by atoms with Crippen LogP contribution in [-0.4, -0.2) is 39.6 Å². The first-order valence-electron chi connectivity index (χ1n) is 7.74. The van der Waals surface area contributed by atoms with Crippen LogP contribution in [0, 0.1) is 5.82 Å². The Hall–Kier alpha value is -0.433. The third-order valence-corrected chi connectivity index (χ3v) is 9.40. The van der Waals surface area contributed by atoms with Crippen LogP contribution in [0.1, 0.15) is 20.8 Å². The molecule has 1 fully saturated rings. The van der Waals surface area contributed by atoms with Gasteiger partial charge in [0.05, 0.1) is 0 Å². The van der Waals surface area contributed by atoms with Crippen LogP contribution in [0.4, 0.5) is 10.1 Å². The summed E-state index contributed by atoms with van der Waals surface area (Å²) in [6, 6.07) is 5.04. The first-order valence-corrected chi connectivity index (χ1v) is 11.4. The van der Waals surface area contributed by atoms with Crippen LogP contribution < -0.4 is 4.90 Å². The number of benzene rings is 1. The van der Waals surface area contributed by atoms with Crippen molar-refractivity contribution in [3.05, 3.63) is 28.5 Å². The third-order valence-electron chi connectivity index (χ3n) is 4.61. The van der Waals surface area contributed by atoms with Crippen molar-refractivity contribution in [3.63, 3.8) is 0 Å². The van der Waals surface area contributed by atoms with Gasteiger partial charge in [-0.3, -0.25) is 0 Å². The Balaban J connectivity index is 1.96. The highest BCUT2D eigenvalue weighted by molar-refractivity contribution is 9.10. The molecule has 0 saturated carbocycles. The Morgan fingerprint density at radius 1 is 1.09 bits per heavy atom. The first-order chi connectivity index (χ1) is 10.1. The lowest BCUT2D eigenvalue weighted by molar-refractivity contribution is -0.0764. The van der Waals surface area contributed by atoms with Gasteiger partial charge in [-0.2, -0.15) is 5.06 Å². The van der Waals surface area contributed by atoms with E-state index in [2.05, 4.69) is 59.8 Å². The van der Waals surface area contributed by atoms with Crippen molar-refractivity contribution in [1.82, 2.24) is 5.06 Å². The van der Waals surface area contributed by atoms with Gasteiger partial charge in [0.15, 0.2) is 0 Å². The topological polar surface area (TPSA) is 15.7 Å². The molecular weight excluding hydrogens is 363 g/mol. The van der Waals surface area contributed by atoms with Gasteiger partial charge in [0.2, 0.25) is 8.32 Å². The number of anilines is 1. The van der Waals surface area contributed by atoms with E-state index in [0.29, 0.717) is 0 Å². The minimum absolute atomic E-state index is 0.204. The molecule has 2 rings (SSSR count). The molecule has 0 amide bonds. The normalized spacial score (nSPS) is 17.9. The van der Waals surface area contributed by atoms with Gasteiger partial charge in [-0.15, -0.1) is 0 Å². The van der Waals surface area contributed by atoms with Crippen LogP contribution in [-0.2, 0) is 4.53 Å². The van der Waals surface area contributed by atoms with Crippen LogP contribution >= 0.6 is 15.9 Å². The molecule has 1 aliphatic heterocycles. The molecule has 1 saturated heterocycles. The minimum Gasteiger partial charge on any atom is -0.369 e. The molecule has 0 N–H and O–H groups in total. The molecule has 1 aromatic carbocycles. The maximum absolute atomic E-state index is 13.5. The molecule has 0 bridgehead atoms. The van der Waals surface area contributed by atoms with Crippen molar-refractivity contribution < 1.29 is 8.92 Å². The molecular formula is C16H26BrFN2OSi. The quantitative estimate of drug-likeness (QED) is 0.700. The van der Waals surface area contributed by atoms with Gasteiger partial charge in [0.1, 0.15) is 5.82 Å². The highest BCUT2D eigenvalue weighted by atomic mass is 79.9. The summed E-state index contributed by atoms with van der Waals surface area (Å²) in [6.45, 7) is 14.7. The third kappa shape index (κ3) is 4.31. The van der Waals surface area contributed by atoms with Crippen LogP contribution in [0.2, 0.25) is 18.1 Å². The number of piperazine rings is 1. The summed E-state index contributed by atoms with van der Waals surface area (Å²) >= 11 is 3.36. The van der Waals surface area contributed by atoms with Gasteiger partial charge in [-0.1, -0.05) is 36.7 Å². The van der Waals surface area contributed by atoms with Crippen molar-refractivity contribution in [1.29, 1.82) is 0 Å². The second kappa shape index (κ2) is 6.59. The van der Waals surface area contributed by atoms with Crippen molar-refractivity contribution in [3.8, 4) is 0 Å². The lowest BCUT2D eigenvalue weighted by atomic mass is 10.2. The van der Waals surface area contributed by atoms with E-state index >= 15 is 0 Å². The molecule has 0 atom stereocenters. The fourth-order valence-corrected chi connectivity index (χ4v) is 3.77. The number of hydrogen-bond donors (Lipinski definition) is 0. The molecule has 22 heavy (non-hydrogen) atoms. The largest absolute Gasteiger partial charge is 0.369 e. The molecule has 1 aliphatic rings. The highest BCUT2D eigenvalue weighted by Crippen LogP contribution is 2.37. The summed E-state index contributed by atoms with van der Waals surface area (Å²) in [6.07, 6.45) is 0. The molecule has 0 unspecified atom stereocenters. The summed E-state index contributed by atoms with van der Waals surface area (Å²) in [5.41, 5.74) is 0.929. The smallest absolute Gasteiger partial charge is 0.220 e. The number of rotatable bonds is 3. The van der Waals surface area contributed by atoms with E-state index in [0.717, 1.165) is 36.3 Å². The van der Waals surface area contributed by atoms with Crippen LogP contribution in [0.3, 0.4) is 0 Å². The lowest BCUT2D eigenvalue weighted by Gasteiger charge is -2.43. The number of nitrogens with zero attached hydrogens (tertiary/aromatic N) is 2. The molecule has 3 nitrogen and oxygen atoms in total. The minimum atomic E-state index is -1.77. The van der Waals surface area contributed by atoms with Gasteiger partial charge in [-0.25, -0.2) is 4.39 Å². The van der Waals surface area contributed by atoms with E-state index in [1.165, 1.54) is 6.07 Å². The zero-order valence-corrected chi connectivity index (χ0v) is 16.7. The summed E-state index contributed by atoms with van der Waals surface area (Å²) in [4.78, 5) is 2.21. The fraction of sp³-hybridized carbons (Fsp3) is 0.625. The average molecular weight is 389 g/mol. The van der Waals surface area contributed by atoms with Crippen LogP contribution in [0.25, 0.3) is 0 Å². The van der Waals surface area contributed by atoms with Crippen molar-refractivity contribution in [2.45, 2.75) is 38.9 Å². The second-order valence-corrected chi connectivity index (χ2v) is 13.0. The van der Waals surface area contributed by atoms with Crippen molar-refractivity contribution in [2.75, 3.05) is 31.1 Å². The Morgan fingerprint density at radius 2 is 1.68 bits per heavy atom. The number of halogens is 2. The van der Waals surface area contributed by atoms with Gasteiger partial charge in [0, 0.05) is 36.3 Å². The maximum atomic E-state index is 13.5. The van der Waals surface area contributed by atoms with Crippen LogP contribution in [0.15, 0.2) is 22.7 Å². The van der Waals surface area contributed by atoms with E-state index in [4.69, 9.17) is 4.53 Å². The summed E-state index contributed by atoms with van der Waals surface area (Å²) in [7, 11) is -1.77. The molecule has 0 radical (unpaired) electrons. The van der Waals surface area contributed by atoms with Crippen molar-refractivity contribution in [2.24, 2.45) is 0 Å². The molecule has 1 aromatic rings. The van der Waals surface area contributed by atoms with Gasteiger partial charge >= 0.3 is 0 Å². The molecule has 0 aromatic heterocycles. The second-order valence-electron chi connectivity index (χ2n) is 7.40. The number of hydroxylamine groups is 2. The molecule has 0 spiro atoms. The van der Waals surface area contributed by atoms with Gasteiger partial charge in [0.25, 0.3) is 0 Å². The van der Waals surface area contributed by atoms with E-state index in [1.807, 2.05) is 6.07 Å².